The number of nitrogens with two attached hydrogens (primary N) is 1. The van der Waals surface area contributed by atoms with Crippen molar-refractivity contribution >= 4 is 34.7 Å². The van der Waals surface area contributed by atoms with Gasteiger partial charge in [0.05, 0.1) is 29.8 Å². The topological polar surface area (TPSA) is 151 Å². The maximum atomic E-state index is 14.0. The van der Waals surface area contributed by atoms with Crippen molar-refractivity contribution in [1.29, 1.82) is 0 Å². The van der Waals surface area contributed by atoms with Crippen LogP contribution in [0.25, 0.3) is 5.65 Å². The summed E-state index contributed by atoms with van der Waals surface area (Å²) in [5, 5.41) is 17.2. The second-order valence-electron chi connectivity index (χ2n) is 9.54. The molecule has 11 nitrogen and oxygen atoms in total. The molecule has 2 aliphatic rings. The monoisotopic (exact) mass is 495 g/mol. The van der Waals surface area contributed by atoms with Crippen molar-refractivity contribution in [2.75, 3.05) is 16.0 Å². The van der Waals surface area contributed by atoms with Crippen LogP contribution in [0.4, 0.5) is 21.6 Å². The highest BCUT2D eigenvalue weighted by Gasteiger charge is 2.26. The average Bonchev–Trinajstić information content (AvgIpc) is 3.57. The molecule has 3 heterocycles. The number of amides is 2. The van der Waals surface area contributed by atoms with E-state index in [2.05, 4.69) is 36.3 Å². The van der Waals surface area contributed by atoms with Crippen LogP contribution in [0.3, 0.4) is 0 Å². The predicted molar refractivity (Wildman–Crippen MR) is 133 cm³/mol. The van der Waals surface area contributed by atoms with Crippen molar-refractivity contribution in [3.63, 3.8) is 0 Å². The van der Waals surface area contributed by atoms with Crippen LogP contribution in [0.15, 0.2) is 30.7 Å². The molecule has 2 aliphatic carbocycles. The Labute approximate surface area is 207 Å². The van der Waals surface area contributed by atoms with Crippen molar-refractivity contribution in [2.45, 2.75) is 69.6 Å². The van der Waals surface area contributed by atoms with Gasteiger partial charge in [0.2, 0.25) is 5.91 Å². The van der Waals surface area contributed by atoms with E-state index in [1.807, 2.05) is 6.07 Å². The summed E-state index contributed by atoms with van der Waals surface area (Å²) < 4.78 is 15.5. The molecule has 5 rings (SSSR count). The molecule has 6 N–H and O–H groups in total. The molecular formula is C24H30FN9O2. The third-order valence-corrected chi connectivity index (χ3v) is 6.50. The highest BCUT2D eigenvalue weighted by Crippen LogP contribution is 2.30. The maximum absolute atomic E-state index is 14.0. The van der Waals surface area contributed by atoms with Gasteiger partial charge in [-0.25, -0.2) is 13.9 Å². The molecule has 2 fully saturated rings. The Morgan fingerprint density at radius 3 is 2.44 bits per heavy atom. The van der Waals surface area contributed by atoms with Crippen LogP contribution >= 0.6 is 0 Å². The Morgan fingerprint density at radius 1 is 1.06 bits per heavy atom. The van der Waals surface area contributed by atoms with Gasteiger partial charge in [-0.05, 0) is 51.5 Å². The molecule has 1 unspecified atom stereocenters. The number of pyridine rings is 1. The summed E-state index contributed by atoms with van der Waals surface area (Å²) in [6, 6.07) is 3.43. The Kier molecular flexibility index (Phi) is 6.68. The molecule has 0 aliphatic heterocycles. The van der Waals surface area contributed by atoms with Gasteiger partial charge in [-0.15, -0.1) is 5.10 Å². The Hall–Kier alpha value is -3.80. The van der Waals surface area contributed by atoms with Crippen molar-refractivity contribution in [1.82, 2.24) is 24.9 Å². The lowest BCUT2D eigenvalue weighted by Gasteiger charge is -2.30. The van der Waals surface area contributed by atoms with E-state index in [-0.39, 0.29) is 29.4 Å². The van der Waals surface area contributed by atoms with Gasteiger partial charge in [-0.3, -0.25) is 14.6 Å². The van der Waals surface area contributed by atoms with Gasteiger partial charge >= 0.3 is 0 Å². The minimum absolute atomic E-state index is 0.0310. The summed E-state index contributed by atoms with van der Waals surface area (Å²) in [6.45, 7) is 1.68. The molecule has 0 radical (unpaired) electrons. The number of carbonyl (C=O) groups is 2. The van der Waals surface area contributed by atoms with E-state index in [0.717, 1.165) is 50.4 Å². The molecule has 0 spiro atoms. The number of carbonyl (C=O) groups excluding carboxylic acids is 2. The van der Waals surface area contributed by atoms with Crippen LogP contribution in [-0.2, 0) is 4.79 Å². The summed E-state index contributed by atoms with van der Waals surface area (Å²) in [7, 11) is 0. The lowest BCUT2D eigenvalue weighted by Crippen LogP contribution is -2.46. The van der Waals surface area contributed by atoms with Crippen LogP contribution < -0.4 is 27.0 Å². The molecule has 0 aromatic carbocycles. The van der Waals surface area contributed by atoms with Crippen molar-refractivity contribution in [2.24, 2.45) is 5.73 Å². The molecule has 1 atom stereocenters. The number of anilines is 3. The van der Waals surface area contributed by atoms with Gasteiger partial charge in [0.1, 0.15) is 5.82 Å². The van der Waals surface area contributed by atoms with Crippen molar-refractivity contribution < 1.29 is 14.0 Å². The molecule has 3 aromatic rings. The maximum Gasteiger partial charge on any atom is 0.276 e. The van der Waals surface area contributed by atoms with Gasteiger partial charge in [0.15, 0.2) is 17.2 Å². The van der Waals surface area contributed by atoms with E-state index in [4.69, 9.17) is 5.73 Å². The quantitative estimate of drug-likeness (QED) is 0.319. The number of rotatable bonds is 8. The van der Waals surface area contributed by atoms with Gasteiger partial charge < -0.3 is 27.0 Å². The van der Waals surface area contributed by atoms with Crippen LogP contribution in [0.5, 0.6) is 0 Å². The second kappa shape index (κ2) is 10.1. The normalized spacial score (nSPS) is 20.5. The smallest absolute Gasteiger partial charge is 0.276 e. The number of nitrogens with zero attached hydrogens (tertiary/aromatic N) is 4. The van der Waals surface area contributed by atoms with Crippen LogP contribution in [0.2, 0.25) is 0 Å². The first-order valence-corrected chi connectivity index (χ1v) is 12.3. The summed E-state index contributed by atoms with van der Waals surface area (Å²) >= 11 is 0. The second-order valence-corrected chi connectivity index (χ2v) is 9.54. The van der Waals surface area contributed by atoms with Gasteiger partial charge in [-0.2, -0.15) is 0 Å². The van der Waals surface area contributed by atoms with Crippen molar-refractivity contribution in [3.8, 4) is 0 Å². The fourth-order valence-electron chi connectivity index (χ4n) is 4.33. The third kappa shape index (κ3) is 5.38. The summed E-state index contributed by atoms with van der Waals surface area (Å²) in [4.78, 5) is 33.0. The first-order valence-electron chi connectivity index (χ1n) is 12.3. The zero-order valence-corrected chi connectivity index (χ0v) is 20.0. The van der Waals surface area contributed by atoms with Crippen molar-refractivity contribution in [3.05, 3.63) is 42.2 Å². The lowest BCUT2D eigenvalue weighted by atomic mass is 9.91. The Bertz CT molecular complexity index is 1270. The zero-order valence-electron chi connectivity index (χ0n) is 20.0. The van der Waals surface area contributed by atoms with Crippen LogP contribution in [0, 0.1) is 5.82 Å². The fourth-order valence-corrected chi connectivity index (χ4v) is 4.33. The Morgan fingerprint density at radius 2 is 1.75 bits per heavy atom. The number of hydrogen-bond acceptors (Lipinski definition) is 8. The van der Waals surface area contributed by atoms with Gasteiger partial charge in [0.25, 0.3) is 5.91 Å². The van der Waals surface area contributed by atoms with E-state index in [9.17, 15) is 14.0 Å². The van der Waals surface area contributed by atoms with Gasteiger partial charge in [0, 0.05) is 30.4 Å². The van der Waals surface area contributed by atoms with E-state index >= 15 is 0 Å². The van der Waals surface area contributed by atoms with Crippen LogP contribution in [0.1, 0.15) is 55.9 Å². The van der Waals surface area contributed by atoms with E-state index in [1.165, 1.54) is 23.0 Å². The molecule has 2 amide bonds. The minimum Gasteiger partial charge on any atom is -0.379 e. The molecule has 2 saturated carbocycles. The number of nitrogens with one attached hydrogen (secondary N) is 4. The largest absolute Gasteiger partial charge is 0.379 e. The molecule has 0 saturated heterocycles. The number of aromatic nitrogens is 4. The lowest BCUT2D eigenvalue weighted by molar-refractivity contribution is -0.122. The molecule has 190 valence electrons. The summed E-state index contributed by atoms with van der Waals surface area (Å²) in [5.74, 6) is -0.679. The first-order chi connectivity index (χ1) is 17.4. The molecule has 36 heavy (non-hydrogen) atoms. The minimum atomic E-state index is -0.626. The van der Waals surface area contributed by atoms with E-state index in [0.29, 0.717) is 17.5 Å². The third-order valence-electron chi connectivity index (χ3n) is 6.50. The highest BCUT2D eigenvalue weighted by molar-refractivity contribution is 6.03. The summed E-state index contributed by atoms with van der Waals surface area (Å²) in [5.41, 5.74) is 7.18. The number of imidazole rings is 1. The predicted octanol–water partition coefficient (Wildman–Crippen LogP) is 2.28. The van der Waals surface area contributed by atoms with E-state index < -0.39 is 17.8 Å². The van der Waals surface area contributed by atoms with Crippen LogP contribution in [-0.4, -0.2) is 55.6 Å². The number of fused-ring (bicyclic) bond motifs is 1. The van der Waals surface area contributed by atoms with Gasteiger partial charge in [-0.1, -0.05) is 0 Å². The zero-order chi connectivity index (χ0) is 25.2. The molecule has 3 aromatic heterocycles. The highest BCUT2D eigenvalue weighted by atomic mass is 19.1. The number of hydrogen-bond donors (Lipinski definition) is 5. The SMILES string of the molecule is CC(N)C(=O)NC1CCC(Nc2cc(NC3CC3)c3ncc(C(=O)Nc4ccncc4F)n3n2)CC1. The van der Waals surface area contributed by atoms with E-state index in [1.54, 1.807) is 6.92 Å². The fraction of sp³-hybridized carbons (Fsp3) is 0.458. The number of halogens is 1. The first kappa shape index (κ1) is 23.9. The molecule has 12 heteroatoms. The molecular weight excluding hydrogens is 465 g/mol. The standard InChI is InChI=1S/C24H30FN9O2/c1-13(26)23(35)31-16-6-4-15(5-7-16)30-21-10-19(29-14-2-3-14)22-28-12-20(34(22)33-21)24(36)32-18-8-9-27-11-17(18)25/h8-16,29H,2-7,26H2,1H3,(H,30,33)(H,31,35)(H,27,32,36). The summed E-state index contributed by atoms with van der Waals surface area (Å²) in [6.07, 6.45) is 9.41. The Balaban J connectivity index is 1.34. The average molecular weight is 496 g/mol. The molecule has 0 bridgehead atoms.